The molecule has 8 nitrogen and oxygen atoms in total. The van der Waals surface area contributed by atoms with Crippen molar-refractivity contribution in [1.82, 2.24) is 9.88 Å². The first-order chi connectivity index (χ1) is 19.5. The van der Waals surface area contributed by atoms with Gasteiger partial charge >= 0.3 is 6.09 Å². The second-order valence-electron chi connectivity index (χ2n) is 10.3. The van der Waals surface area contributed by atoms with Crippen molar-refractivity contribution < 1.29 is 24.0 Å². The number of aryl methyl sites for hydroxylation is 1. The molecule has 1 aromatic heterocycles. The molecule has 0 spiro atoms. The van der Waals surface area contributed by atoms with Crippen LogP contribution in [0.2, 0.25) is 0 Å². The molecule has 3 aromatic rings. The molecule has 0 saturated carbocycles. The molecule has 1 fully saturated rings. The molecular formula is C32H33N3O5. The molecule has 2 aromatic carbocycles. The number of hydrogen-bond donors (Lipinski definition) is 0. The number of carbonyl (C=O) groups is 3. The highest BCUT2D eigenvalue weighted by Gasteiger charge is 2.33. The zero-order chi connectivity index (χ0) is 27.9. The lowest BCUT2D eigenvalue weighted by Gasteiger charge is -2.32. The number of benzene rings is 2. The van der Waals surface area contributed by atoms with E-state index < -0.39 is 12.0 Å². The summed E-state index contributed by atoms with van der Waals surface area (Å²) in [5, 5.41) is 4.17. The van der Waals surface area contributed by atoms with Gasteiger partial charge in [0.25, 0.3) is 0 Å². The van der Waals surface area contributed by atoms with Gasteiger partial charge in [-0.05, 0) is 60.6 Å². The molecule has 1 aliphatic heterocycles. The summed E-state index contributed by atoms with van der Waals surface area (Å²) in [6.45, 7) is 1.02. The number of ether oxygens (including phenoxy) is 1. The van der Waals surface area contributed by atoms with Crippen molar-refractivity contribution in [3.63, 3.8) is 0 Å². The fraction of sp³-hybridized carbons (Fsp3) is 0.344. The number of likely N-dealkylation sites (tertiary alicyclic amines) is 1. The number of Topliss-reactive ketones (excluding diaryl/α,β-unsaturated/α-hetero) is 2. The summed E-state index contributed by atoms with van der Waals surface area (Å²) in [5.41, 5.74) is 5.15. The van der Waals surface area contributed by atoms with E-state index in [0.717, 1.165) is 40.8 Å². The molecular weight excluding hydrogens is 506 g/mol. The monoisotopic (exact) mass is 539 g/mol. The third-order valence-electron chi connectivity index (χ3n) is 7.71. The van der Waals surface area contributed by atoms with Crippen LogP contribution in [0.4, 0.5) is 4.79 Å². The zero-order valence-electron chi connectivity index (χ0n) is 22.6. The fourth-order valence-corrected chi connectivity index (χ4v) is 5.55. The molecule has 1 saturated heterocycles. The van der Waals surface area contributed by atoms with E-state index >= 15 is 0 Å². The van der Waals surface area contributed by atoms with Gasteiger partial charge in [0.1, 0.15) is 19.5 Å². The lowest BCUT2D eigenvalue weighted by Crippen LogP contribution is -2.43. The van der Waals surface area contributed by atoms with Gasteiger partial charge in [0.05, 0.1) is 11.6 Å². The SMILES string of the molecule is CO/N=C1\CCc2ccc(C(CC(=O)C3CCCN(C(=O)OCc4ccccc4)C3)C(=O)c3ccncc3)cc21. The van der Waals surface area contributed by atoms with Gasteiger partial charge in [-0.25, -0.2) is 4.79 Å². The average Bonchev–Trinajstić information content (AvgIpc) is 3.41. The number of amides is 1. The van der Waals surface area contributed by atoms with Crippen LogP contribution in [0.1, 0.15) is 64.2 Å². The predicted molar refractivity (Wildman–Crippen MR) is 150 cm³/mol. The molecule has 5 rings (SSSR count). The van der Waals surface area contributed by atoms with Crippen LogP contribution in [0.25, 0.3) is 0 Å². The Morgan fingerprint density at radius 2 is 1.85 bits per heavy atom. The van der Waals surface area contributed by atoms with Gasteiger partial charge in [-0.3, -0.25) is 14.6 Å². The number of nitrogens with zero attached hydrogens (tertiary/aromatic N) is 3. The Hall–Kier alpha value is -4.33. The molecule has 2 unspecified atom stereocenters. The van der Waals surface area contributed by atoms with Gasteiger partial charge in [-0.15, -0.1) is 0 Å². The van der Waals surface area contributed by atoms with Crippen LogP contribution in [-0.4, -0.2) is 53.5 Å². The summed E-state index contributed by atoms with van der Waals surface area (Å²) < 4.78 is 5.51. The molecule has 1 aliphatic carbocycles. The van der Waals surface area contributed by atoms with Gasteiger partial charge in [0.2, 0.25) is 0 Å². The number of carbonyl (C=O) groups excluding carboxylic acids is 3. The van der Waals surface area contributed by atoms with Crippen molar-refractivity contribution in [2.24, 2.45) is 11.1 Å². The largest absolute Gasteiger partial charge is 0.445 e. The van der Waals surface area contributed by atoms with E-state index in [1.165, 1.54) is 7.11 Å². The number of oxime groups is 1. The first kappa shape index (κ1) is 27.2. The Morgan fingerprint density at radius 1 is 1.05 bits per heavy atom. The highest BCUT2D eigenvalue weighted by molar-refractivity contribution is 6.06. The van der Waals surface area contributed by atoms with Crippen molar-refractivity contribution in [2.75, 3.05) is 20.2 Å². The van der Waals surface area contributed by atoms with Gasteiger partial charge in [0, 0.05) is 48.9 Å². The van der Waals surface area contributed by atoms with Crippen molar-refractivity contribution in [3.8, 4) is 0 Å². The van der Waals surface area contributed by atoms with Crippen molar-refractivity contribution in [3.05, 3.63) is 101 Å². The smallest absolute Gasteiger partial charge is 0.410 e. The van der Waals surface area contributed by atoms with Crippen LogP contribution in [0.3, 0.4) is 0 Å². The summed E-state index contributed by atoms with van der Waals surface area (Å²) in [7, 11) is 1.52. The molecule has 206 valence electrons. The average molecular weight is 540 g/mol. The summed E-state index contributed by atoms with van der Waals surface area (Å²) in [4.78, 5) is 50.9. The van der Waals surface area contributed by atoms with E-state index in [1.807, 2.05) is 48.5 Å². The van der Waals surface area contributed by atoms with Crippen molar-refractivity contribution >= 4 is 23.4 Å². The van der Waals surface area contributed by atoms with E-state index in [1.54, 1.807) is 29.4 Å². The van der Waals surface area contributed by atoms with Crippen molar-refractivity contribution in [1.29, 1.82) is 0 Å². The number of hydrogen-bond acceptors (Lipinski definition) is 7. The minimum atomic E-state index is -0.662. The molecule has 2 heterocycles. The lowest BCUT2D eigenvalue weighted by atomic mass is 9.81. The Morgan fingerprint density at radius 3 is 2.62 bits per heavy atom. The van der Waals surface area contributed by atoms with Gasteiger partial charge in [0.15, 0.2) is 5.78 Å². The molecule has 40 heavy (non-hydrogen) atoms. The van der Waals surface area contributed by atoms with Crippen LogP contribution in [0.15, 0.2) is 78.2 Å². The molecule has 0 N–H and O–H groups in total. The summed E-state index contributed by atoms with van der Waals surface area (Å²) in [6.07, 6.45) is 5.80. The van der Waals surface area contributed by atoms with E-state index in [0.29, 0.717) is 24.9 Å². The minimum absolute atomic E-state index is 0.0285. The molecule has 2 atom stereocenters. The Balaban J connectivity index is 1.32. The Labute approximate surface area is 234 Å². The minimum Gasteiger partial charge on any atom is -0.445 e. The molecule has 8 heteroatoms. The van der Waals surface area contributed by atoms with Crippen LogP contribution >= 0.6 is 0 Å². The van der Waals surface area contributed by atoms with E-state index in [2.05, 4.69) is 10.1 Å². The van der Waals surface area contributed by atoms with Crippen LogP contribution in [0.5, 0.6) is 0 Å². The third-order valence-corrected chi connectivity index (χ3v) is 7.71. The maximum atomic E-state index is 13.7. The van der Waals surface area contributed by atoms with Crippen LogP contribution in [0, 0.1) is 5.92 Å². The van der Waals surface area contributed by atoms with Gasteiger partial charge in [-0.1, -0.05) is 47.6 Å². The topological polar surface area (TPSA) is 98.2 Å². The number of aromatic nitrogens is 1. The van der Waals surface area contributed by atoms with Crippen LogP contribution < -0.4 is 0 Å². The standard InChI is InChI=1S/C32H33N3O5/c1-39-34-29-12-11-23-9-10-25(18-27(23)29)28(31(37)24-13-15-33-16-14-24)19-30(36)26-8-5-17-35(20-26)32(38)40-21-22-6-3-2-4-7-22/h2-4,6-7,9-10,13-16,18,26,28H,5,8,11-12,17,19-21H2,1H3/b34-29+. The maximum Gasteiger partial charge on any atom is 0.410 e. The quantitative estimate of drug-likeness (QED) is 0.268. The van der Waals surface area contributed by atoms with E-state index in [4.69, 9.17) is 9.57 Å². The number of piperidine rings is 1. The maximum absolute atomic E-state index is 13.7. The highest BCUT2D eigenvalue weighted by atomic mass is 16.6. The van der Waals surface area contributed by atoms with E-state index in [9.17, 15) is 14.4 Å². The van der Waals surface area contributed by atoms with Crippen molar-refractivity contribution in [2.45, 2.75) is 44.6 Å². The van der Waals surface area contributed by atoms with Crippen LogP contribution in [-0.2, 0) is 27.4 Å². The normalized spacial score (nSPS) is 18.2. The molecule has 1 amide bonds. The number of rotatable bonds is 9. The molecule has 0 radical (unpaired) electrons. The summed E-state index contributed by atoms with van der Waals surface area (Å²) in [5.74, 6) is -1.18. The molecule has 2 aliphatic rings. The lowest BCUT2D eigenvalue weighted by molar-refractivity contribution is -0.124. The Kier molecular flexibility index (Phi) is 8.64. The highest BCUT2D eigenvalue weighted by Crippen LogP contribution is 2.32. The van der Waals surface area contributed by atoms with E-state index in [-0.39, 0.29) is 37.1 Å². The number of fused-ring (bicyclic) bond motifs is 1. The van der Waals surface area contributed by atoms with Gasteiger partial charge in [-0.2, -0.15) is 0 Å². The summed E-state index contributed by atoms with van der Waals surface area (Å²) in [6, 6.07) is 18.8. The second-order valence-corrected chi connectivity index (χ2v) is 10.3. The number of pyridine rings is 1. The first-order valence-electron chi connectivity index (χ1n) is 13.7. The van der Waals surface area contributed by atoms with Gasteiger partial charge < -0.3 is 14.5 Å². The first-order valence-corrected chi connectivity index (χ1v) is 13.7. The number of ketones is 2. The second kappa shape index (κ2) is 12.7. The third kappa shape index (κ3) is 6.28. The predicted octanol–water partition coefficient (Wildman–Crippen LogP) is 5.35. The summed E-state index contributed by atoms with van der Waals surface area (Å²) >= 11 is 0. The fourth-order valence-electron chi connectivity index (χ4n) is 5.55. The molecule has 0 bridgehead atoms. The Bertz CT molecular complexity index is 1390. The zero-order valence-corrected chi connectivity index (χ0v) is 22.6.